The van der Waals surface area contributed by atoms with Gasteiger partial charge < -0.3 is 10.1 Å². The highest BCUT2D eigenvalue weighted by Gasteiger charge is 2.29. The third-order valence-electron chi connectivity index (χ3n) is 3.81. The molecule has 1 aliphatic rings. The van der Waals surface area contributed by atoms with Crippen molar-refractivity contribution in [1.29, 1.82) is 0 Å². The van der Waals surface area contributed by atoms with Crippen LogP contribution in [0, 0.1) is 20.8 Å². The van der Waals surface area contributed by atoms with Gasteiger partial charge in [0.25, 0.3) is 5.91 Å². The summed E-state index contributed by atoms with van der Waals surface area (Å²) < 4.78 is 27.7. The Bertz CT molecular complexity index is 716. The van der Waals surface area contributed by atoms with Crippen LogP contribution < -0.4 is 5.32 Å². The molecule has 126 valence electrons. The maximum absolute atomic E-state index is 12.1. The highest BCUT2D eigenvalue weighted by Crippen LogP contribution is 2.17. The summed E-state index contributed by atoms with van der Waals surface area (Å²) in [6.45, 7) is 5.17. The molecule has 1 aromatic rings. The van der Waals surface area contributed by atoms with E-state index in [4.69, 9.17) is 4.74 Å². The first kappa shape index (κ1) is 17.5. The number of sulfone groups is 1. The highest BCUT2D eigenvalue weighted by atomic mass is 32.2. The Morgan fingerprint density at radius 3 is 2.35 bits per heavy atom. The van der Waals surface area contributed by atoms with E-state index in [2.05, 4.69) is 5.32 Å². The van der Waals surface area contributed by atoms with Crippen molar-refractivity contribution in [1.82, 2.24) is 5.32 Å². The van der Waals surface area contributed by atoms with Gasteiger partial charge in [-0.2, -0.15) is 0 Å². The number of amides is 1. The SMILES string of the molecule is Cc1cc(C)c(C(=O)OCC(=O)NC2CCS(=O)(=O)C2)c(C)c1. The Balaban J connectivity index is 1.91. The minimum Gasteiger partial charge on any atom is -0.452 e. The highest BCUT2D eigenvalue weighted by molar-refractivity contribution is 7.91. The van der Waals surface area contributed by atoms with Crippen molar-refractivity contribution in [3.63, 3.8) is 0 Å². The number of aryl methyl sites for hydroxylation is 3. The summed E-state index contributed by atoms with van der Waals surface area (Å²) in [6, 6.07) is 3.37. The summed E-state index contributed by atoms with van der Waals surface area (Å²) in [4.78, 5) is 23.9. The molecule has 1 amide bonds. The number of rotatable bonds is 4. The molecular formula is C16H21NO5S. The standard InChI is InChI=1S/C16H21NO5S/c1-10-6-11(2)15(12(3)7-10)16(19)22-8-14(18)17-13-4-5-23(20,21)9-13/h6-7,13H,4-5,8-9H2,1-3H3,(H,17,18). The van der Waals surface area contributed by atoms with E-state index in [9.17, 15) is 18.0 Å². The lowest BCUT2D eigenvalue weighted by atomic mass is 10.00. The molecule has 2 rings (SSSR count). The number of esters is 1. The second-order valence-electron chi connectivity index (χ2n) is 6.02. The third-order valence-corrected chi connectivity index (χ3v) is 5.58. The van der Waals surface area contributed by atoms with Gasteiger partial charge in [0.05, 0.1) is 17.1 Å². The second-order valence-corrected chi connectivity index (χ2v) is 8.25. The van der Waals surface area contributed by atoms with Gasteiger partial charge in [0.15, 0.2) is 16.4 Å². The first-order valence-corrected chi connectivity index (χ1v) is 9.25. The summed E-state index contributed by atoms with van der Waals surface area (Å²) in [5.74, 6) is -1.00. The van der Waals surface area contributed by atoms with E-state index in [1.54, 1.807) is 0 Å². The number of hydrogen-bond donors (Lipinski definition) is 1. The molecule has 0 bridgehead atoms. The van der Waals surface area contributed by atoms with Crippen molar-refractivity contribution in [3.8, 4) is 0 Å². The number of nitrogens with one attached hydrogen (secondary N) is 1. The molecule has 0 aromatic heterocycles. The molecule has 0 radical (unpaired) electrons. The van der Waals surface area contributed by atoms with E-state index < -0.39 is 34.4 Å². The summed E-state index contributed by atoms with van der Waals surface area (Å²) in [5.41, 5.74) is 3.12. The number of carbonyl (C=O) groups is 2. The zero-order valence-corrected chi connectivity index (χ0v) is 14.3. The first-order valence-electron chi connectivity index (χ1n) is 7.43. The van der Waals surface area contributed by atoms with Crippen molar-refractivity contribution in [3.05, 3.63) is 34.4 Å². The molecule has 1 heterocycles. The lowest BCUT2D eigenvalue weighted by molar-refractivity contribution is -0.124. The van der Waals surface area contributed by atoms with Crippen molar-refractivity contribution < 1.29 is 22.7 Å². The van der Waals surface area contributed by atoms with Gasteiger partial charge in [0.2, 0.25) is 0 Å². The molecule has 1 aromatic carbocycles. The Morgan fingerprint density at radius 2 is 1.83 bits per heavy atom. The molecule has 0 spiro atoms. The molecule has 7 heteroatoms. The quantitative estimate of drug-likeness (QED) is 0.829. The van der Waals surface area contributed by atoms with E-state index in [1.165, 1.54) is 0 Å². The van der Waals surface area contributed by atoms with Gasteiger partial charge in [0.1, 0.15) is 0 Å². The Labute approximate surface area is 136 Å². The van der Waals surface area contributed by atoms with E-state index in [0.717, 1.165) is 16.7 Å². The molecule has 1 atom stereocenters. The summed E-state index contributed by atoms with van der Waals surface area (Å²) in [6.07, 6.45) is 0.401. The fourth-order valence-corrected chi connectivity index (χ4v) is 4.56. The predicted molar refractivity (Wildman–Crippen MR) is 86.1 cm³/mol. The Morgan fingerprint density at radius 1 is 1.22 bits per heavy atom. The van der Waals surface area contributed by atoms with Crippen molar-refractivity contribution in [2.75, 3.05) is 18.1 Å². The van der Waals surface area contributed by atoms with Crippen LogP contribution in [0.5, 0.6) is 0 Å². The molecule has 1 N–H and O–H groups in total. The normalized spacial score (nSPS) is 19.3. The zero-order valence-electron chi connectivity index (χ0n) is 13.5. The monoisotopic (exact) mass is 339 g/mol. The van der Waals surface area contributed by atoms with Gasteiger partial charge in [-0.1, -0.05) is 17.7 Å². The molecule has 1 fully saturated rings. The molecule has 6 nitrogen and oxygen atoms in total. The number of benzene rings is 1. The minimum atomic E-state index is -3.05. The number of ether oxygens (including phenoxy) is 1. The first-order chi connectivity index (χ1) is 10.7. The molecule has 0 aliphatic carbocycles. The Hall–Kier alpha value is -1.89. The Kier molecular flexibility index (Phi) is 5.09. The minimum absolute atomic E-state index is 0.0527. The van der Waals surface area contributed by atoms with Gasteiger partial charge in [0, 0.05) is 6.04 Å². The summed E-state index contributed by atoms with van der Waals surface area (Å²) in [5, 5.41) is 2.58. The van der Waals surface area contributed by atoms with Crippen LogP contribution in [0.25, 0.3) is 0 Å². The lowest BCUT2D eigenvalue weighted by Gasteiger charge is -2.13. The van der Waals surface area contributed by atoms with E-state index >= 15 is 0 Å². The van der Waals surface area contributed by atoms with E-state index in [0.29, 0.717) is 12.0 Å². The van der Waals surface area contributed by atoms with E-state index in [-0.39, 0.29) is 11.5 Å². The van der Waals surface area contributed by atoms with Gasteiger partial charge in [-0.05, 0) is 38.3 Å². The largest absolute Gasteiger partial charge is 0.452 e. The number of hydrogen-bond acceptors (Lipinski definition) is 5. The van der Waals surface area contributed by atoms with Crippen LogP contribution in [-0.2, 0) is 19.4 Å². The van der Waals surface area contributed by atoms with Crippen LogP contribution in [0.2, 0.25) is 0 Å². The van der Waals surface area contributed by atoms with Crippen molar-refractivity contribution in [2.24, 2.45) is 0 Å². The maximum Gasteiger partial charge on any atom is 0.339 e. The van der Waals surface area contributed by atoms with E-state index in [1.807, 2.05) is 32.9 Å². The zero-order chi connectivity index (χ0) is 17.2. The van der Waals surface area contributed by atoms with Gasteiger partial charge in [-0.15, -0.1) is 0 Å². The molecule has 1 saturated heterocycles. The van der Waals surface area contributed by atoms with Crippen LogP contribution in [0.15, 0.2) is 12.1 Å². The van der Waals surface area contributed by atoms with Gasteiger partial charge >= 0.3 is 5.97 Å². The van der Waals surface area contributed by atoms with Crippen molar-refractivity contribution in [2.45, 2.75) is 33.2 Å². The van der Waals surface area contributed by atoms with Crippen LogP contribution in [-0.4, -0.2) is 44.4 Å². The van der Waals surface area contributed by atoms with Crippen LogP contribution in [0.3, 0.4) is 0 Å². The fourth-order valence-electron chi connectivity index (χ4n) is 2.88. The van der Waals surface area contributed by atoms with Gasteiger partial charge in [-0.3, -0.25) is 4.79 Å². The molecule has 0 saturated carbocycles. The average molecular weight is 339 g/mol. The maximum atomic E-state index is 12.1. The van der Waals surface area contributed by atoms with Gasteiger partial charge in [-0.25, -0.2) is 13.2 Å². The van der Waals surface area contributed by atoms with Crippen LogP contribution in [0.1, 0.15) is 33.5 Å². The van der Waals surface area contributed by atoms with Crippen molar-refractivity contribution >= 4 is 21.7 Å². The lowest BCUT2D eigenvalue weighted by Crippen LogP contribution is -2.38. The molecule has 1 unspecified atom stereocenters. The second kappa shape index (κ2) is 6.70. The summed E-state index contributed by atoms with van der Waals surface area (Å²) >= 11 is 0. The average Bonchev–Trinajstić information content (AvgIpc) is 2.74. The molecular weight excluding hydrogens is 318 g/mol. The van der Waals surface area contributed by atoms with Crippen LogP contribution >= 0.6 is 0 Å². The molecule has 23 heavy (non-hydrogen) atoms. The fraction of sp³-hybridized carbons (Fsp3) is 0.500. The smallest absolute Gasteiger partial charge is 0.339 e. The molecule has 1 aliphatic heterocycles. The number of carbonyl (C=O) groups excluding carboxylic acids is 2. The topological polar surface area (TPSA) is 89.5 Å². The predicted octanol–water partition coefficient (Wildman–Crippen LogP) is 1.07. The van der Waals surface area contributed by atoms with Crippen LogP contribution in [0.4, 0.5) is 0 Å². The third kappa shape index (κ3) is 4.54. The summed E-state index contributed by atoms with van der Waals surface area (Å²) in [7, 11) is -3.05.